The minimum Gasteiger partial charge on any atom is -0.293 e. The van der Waals surface area contributed by atoms with Gasteiger partial charge >= 0.3 is 0 Å². The van der Waals surface area contributed by atoms with Gasteiger partial charge in [-0.1, -0.05) is 19.9 Å². The maximum absolute atomic E-state index is 4.44. The topological polar surface area (TPSA) is 12.4 Å². The van der Waals surface area contributed by atoms with Crippen molar-refractivity contribution in [1.29, 1.82) is 0 Å². The summed E-state index contributed by atoms with van der Waals surface area (Å²) in [6.07, 6.45) is 6.67. The fourth-order valence-electron chi connectivity index (χ4n) is 1.94. The zero-order valence-corrected chi connectivity index (χ0v) is 9.80. The average Bonchev–Trinajstić information content (AvgIpc) is 2.12. The molecular formula is C13H21N. The van der Waals surface area contributed by atoms with E-state index < -0.39 is 0 Å². The lowest BCUT2D eigenvalue weighted by molar-refractivity contribution is 0.769. The van der Waals surface area contributed by atoms with Gasteiger partial charge in [-0.3, -0.25) is 4.99 Å². The Labute approximate surface area is 87.6 Å². The van der Waals surface area contributed by atoms with Crippen LogP contribution in [0.1, 0.15) is 40.5 Å². The van der Waals surface area contributed by atoms with Crippen LogP contribution in [0.5, 0.6) is 0 Å². The minimum absolute atomic E-state index is 0.576. The monoisotopic (exact) mass is 191 g/mol. The van der Waals surface area contributed by atoms with Crippen LogP contribution in [-0.4, -0.2) is 12.8 Å². The number of nitrogens with zero attached hydrogens (tertiary/aromatic N) is 1. The van der Waals surface area contributed by atoms with Crippen molar-refractivity contribution in [3.8, 4) is 0 Å². The predicted octanol–water partition coefficient (Wildman–Crippen LogP) is 3.77. The van der Waals surface area contributed by atoms with E-state index in [4.69, 9.17) is 0 Å². The lowest BCUT2D eigenvalue weighted by Gasteiger charge is -2.16. The third-order valence-electron chi connectivity index (χ3n) is 2.85. The number of hydrogen-bond donors (Lipinski definition) is 0. The number of rotatable bonds is 1. The fraction of sp³-hybridized carbons (Fsp3) is 0.615. The Hall–Kier alpha value is -0.850. The molecule has 0 atom stereocenters. The largest absolute Gasteiger partial charge is 0.293 e. The highest BCUT2D eigenvalue weighted by Gasteiger charge is 2.10. The van der Waals surface area contributed by atoms with E-state index in [1.54, 1.807) is 0 Å². The van der Waals surface area contributed by atoms with Gasteiger partial charge in [0.15, 0.2) is 0 Å². The standard InChI is InChI=1S/C13H21N/c1-5-12-7-6-8-14-9-13(10(2)3)11(12)4/h5,9-10H,6-8H2,1-4H3. The summed E-state index contributed by atoms with van der Waals surface area (Å²) in [4.78, 5) is 4.44. The van der Waals surface area contributed by atoms with Crippen molar-refractivity contribution < 1.29 is 0 Å². The second-order valence-corrected chi connectivity index (χ2v) is 4.19. The van der Waals surface area contributed by atoms with E-state index in [2.05, 4.69) is 45.0 Å². The number of hydrogen-bond acceptors (Lipinski definition) is 1. The first-order chi connectivity index (χ1) is 6.66. The quantitative estimate of drug-likeness (QED) is 0.598. The van der Waals surface area contributed by atoms with E-state index in [0.29, 0.717) is 5.92 Å². The van der Waals surface area contributed by atoms with Crippen LogP contribution in [0, 0.1) is 5.92 Å². The van der Waals surface area contributed by atoms with Crippen molar-refractivity contribution >= 4 is 6.21 Å². The van der Waals surface area contributed by atoms with E-state index >= 15 is 0 Å². The van der Waals surface area contributed by atoms with E-state index in [9.17, 15) is 0 Å². The van der Waals surface area contributed by atoms with Crippen molar-refractivity contribution in [2.24, 2.45) is 10.9 Å². The zero-order valence-electron chi connectivity index (χ0n) is 9.80. The smallest absolute Gasteiger partial charge is 0.0392 e. The average molecular weight is 191 g/mol. The van der Waals surface area contributed by atoms with Gasteiger partial charge in [0.05, 0.1) is 0 Å². The molecule has 0 saturated heterocycles. The molecule has 0 bridgehead atoms. The first-order valence-corrected chi connectivity index (χ1v) is 5.53. The van der Waals surface area contributed by atoms with Gasteiger partial charge in [0.1, 0.15) is 0 Å². The zero-order chi connectivity index (χ0) is 10.6. The summed E-state index contributed by atoms with van der Waals surface area (Å²) in [7, 11) is 0. The second kappa shape index (κ2) is 5.14. The molecule has 1 nitrogen and oxygen atoms in total. The lowest BCUT2D eigenvalue weighted by atomic mass is 9.91. The van der Waals surface area contributed by atoms with Crippen LogP contribution in [0.15, 0.2) is 27.8 Å². The predicted molar refractivity (Wildman–Crippen MR) is 63.9 cm³/mol. The molecule has 0 saturated carbocycles. The van der Waals surface area contributed by atoms with Crippen LogP contribution in [0.4, 0.5) is 0 Å². The van der Waals surface area contributed by atoms with Crippen molar-refractivity contribution in [3.63, 3.8) is 0 Å². The van der Waals surface area contributed by atoms with Gasteiger partial charge in [-0.2, -0.15) is 0 Å². The molecule has 0 unspecified atom stereocenters. The Morgan fingerprint density at radius 3 is 2.71 bits per heavy atom. The molecule has 0 N–H and O–H groups in total. The van der Waals surface area contributed by atoms with Crippen LogP contribution < -0.4 is 0 Å². The molecule has 0 aromatic carbocycles. The Morgan fingerprint density at radius 1 is 1.43 bits per heavy atom. The maximum atomic E-state index is 4.44. The molecule has 0 aromatic heterocycles. The van der Waals surface area contributed by atoms with Gasteiger partial charge in [0.25, 0.3) is 0 Å². The molecule has 78 valence electrons. The van der Waals surface area contributed by atoms with Crippen LogP contribution >= 0.6 is 0 Å². The molecule has 0 amide bonds. The maximum Gasteiger partial charge on any atom is 0.0392 e. The van der Waals surface area contributed by atoms with E-state index in [0.717, 1.165) is 6.54 Å². The summed E-state index contributed by atoms with van der Waals surface area (Å²) in [5.41, 5.74) is 4.34. The lowest BCUT2D eigenvalue weighted by Crippen LogP contribution is -2.05. The molecule has 0 aromatic rings. The molecule has 1 aliphatic rings. The molecule has 0 radical (unpaired) electrons. The van der Waals surface area contributed by atoms with Gasteiger partial charge in [0.2, 0.25) is 0 Å². The summed E-state index contributed by atoms with van der Waals surface area (Å²) < 4.78 is 0. The third-order valence-corrected chi connectivity index (χ3v) is 2.85. The molecule has 14 heavy (non-hydrogen) atoms. The van der Waals surface area contributed by atoms with Crippen molar-refractivity contribution in [3.05, 3.63) is 22.8 Å². The Balaban J connectivity index is 3.09. The van der Waals surface area contributed by atoms with Gasteiger partial charge in [-0.05, 0) is 49.3 Å². The molecule has 0 spiro atoms. The SMILES string of the molecule is CC=C1CCCN=CC(C(C)C)=C1C. The molecule has 1 heterocycles. The van der Waals surface area contributed by atoms with Crippen LogP contribution in [0.2, 0.25) is 0 Å². The second-order valence-electron chi connectivity index (χ2n) is 4.19. The highest BCUT2D eigenvalue weighted by Crippen LogP contribution is 2.24. The van der Waals surface area contributed by atoms with Crippen molar-refractivity contribution in [2.75, 3.05) is 6.54 Å². The number of aliphatic imine (C=N–C) groups is 1. The van der Waals surface area contributed by atoms with Crippen LogP contribution in [0.3, 0.4) is 0 Å². The van der Waals surface area contributed by atoms with Gasteiger partial charge in [-0.15, -0.1) is 0 Å². The Morgan fingerprint density at radius 2 is 2.14 bits per heavy atom. The van der Waals surface area contributed by atoms with Crippen molar-refractivity contribution in [2.45, 2.75) is 40.5 Å². The summed E-state index contributed by atoms with van der Waals surface area (Å²) >= 11 is 0. The summed E-state index contributed by atoms with van der Waals surface area (Å²) in [5, 5.41) is 0. The Bertz CT molecular complexity index is 280. The summed E-state index contributed by atoms with van der Waals surface area (Å²) in [6.45, 7) is 9.80. The van der Waals surface area contributed by atoms with Gasteiger partial charge in [0, 0.05) is 12.8 Å². The van der Waals surface area contributed by atoms with E-state index in [-0.39, 0.29) is 0 Å². The third kappa shape index (κ3) is 2.57. The highest BCUT2D eigenvalue weighted by atomic mass is 14.7. The minimum atomic E-state index is 0.576. The first-order valence-electron chi connectivity index (χ1n) is 5.53. The van der Waals surface area contributed by atoms with E-state index in [1.165, 1.54) is 29.6 Å². The molecule has 1 aliphatic heterocycles. The normalized spacial score (nSPS) is 21.6. The Kier molecular flexibility index (Phi) is 4.12. The fourth-order valence-corrected chi connectivity index (χ4v) is 1.94. The molecule has 1 rings (SSSR count). The first kappa shape index (κ1) is 11.2. The summed E-state index contributed by atoms with van der Waals surface area (Å²) in [5.74, 6) is 0.576. The molecule has 1 heteroatoms. The molecular weight excluding hydrogens is 170 g/mol. The van der Waals surface area contributed by atoms with Crippen LogP contribution in [-0.2, 0) is 0 Å². The number of allylic oxidation sites excluding steroid dienone is 4. The van der Waals surface area contributed by atoms with E-state index in [1.807, 2.05) is 0 Å². The van der Waals surface area contributed by atoms with Crippen LogP contribution in [0.25, 0.3) is 0 Å². The molecule has 0 aliphatic carbocycles. The highest BCUT2D eigenvalue weighted by molar-refractivity contribution is 5.81. The summed E-state index contributed by atoms with van der Waals surface area (Å²) in [6, 6.07) is 0. The van der Waals surface area contributed by atoms with Crippen molar-refractivity contribution in [1.82, 2.24) is 0 Å². The molecule has 0 fully saturated rings. The van der Waals surface area contributed by atoms with Gasteiger partial charge in [-0.25, -0.2) is 0 Å². The van der Waals surface area contributed by atoms with Gasteiger partial charge < -0.3 is 0 Å².